The van der Waals surface area contributed by atoms with Gasteiger partial charge in [0.15, 0.2) is 18.0 Å². The lowest BCUT2D eigenvalue weighted by Crippen LogP contribution is -2.05. The Balaban J connectivity index is 1.55. The summed E-state index contributed by atoms with van der Waals surface area (Å²) in [4.78, 5) is 20.9. The van der Waals surface area contributed by atoms with Gasteiger partial charge in [-0.1, -0.05) is 23.2 Å². The van der Waals surface area contributed by atoms with Gasteiger partial charge in [-0.3, -0.25) is 0 Å². The molecular formula is C20H14Cl2N2O5. The SMILES string of the molecule is COc1nc(C)c(COC(=O)c2ccc3nc(-c4cc(Cl)cc(Cl)c4)oc3c2)o1. The van der Waals surface area contributed by atoms with Crippen molar-refractivity contribution in [1.82, 2.24) is 9.97 Å². The quantitative estimate of drug-likeness (QED) is 0.386. The number of nitrogens with zero attached hydrogens (tertiary/aromatic N) is 2. The van der Waals surface area contributed by atoms with Crippen LogP contribution in [0.2, 0.25) is 10.0 Å². The Labute approximate surface area is 175 Å². The molecule has 4 aromatic rings. The van der Waals surface area contributed by atoms with Crippen LogP contribution >= 0.6 is 23.2 Å². The van der Waals surface area contributed by atoms with Crippen molar-refractivity contribution in [3.05, 3.63) is 63.5 Å². The average molecular weight is 433 g/mol. The van der Waals surface area contributed by atoms with Gasteiger partial charge in [0, 0.05) is 15.6 Å². The van der Waals surface area contributed by atoms with Crippen molar-refractivity contribution in [1.29, 1.82) is 0 Å². The predicted molar refractivity (Wildman–Crippen MR) is 106 cm³/mol. The van der Waals surface area contributed by atoms with E-state index in [0.29, 0.717) is 49.6 Å². The largest absolute Gasteiger partial charge is 0.454 e. The van der Waals surface area contributed by atoms with Crippen molar-refractivity contribution in [2.24, 2.45) is 0 Å². The summed E-state index contributed by atoms with van der Waals surface area (Å²) in [5.41, 5.74) is 2.56. The molecule has 0 saturated carbocycles. The van der Waals surface area contributed by atoms with Gasteiger partial charge < -0.3 is 18.3 Å². The molecule has 0 aliphatic heterocycles. The summed E-state index contributed by atoms with van der Waals surface area (Å²) in [6.07, 6.45) is 0.116. The lowest BCUT2D eigenvalue weighted by molar-refractivity contribution is 0.0440. The number of benzene rings is 2. The van der Waals surface area contributed by atoms with E-state index in [0.717, 1.165) is 0 Å². The molecule has 4 rings (SSSR count). The van der Waals surface area contributed by atoms with Gasteiger partial charge in [-0.2, -0.15) is 4.98 Å². The van der Waals surface area contributed by atoms with Crippen LogP contribution < -0.4 is 4.74 Å². The van der Waals surface area contributed by atoms with E-state index in [4.69, 9.17) is 41.5 Å². The van der Waals surface area contributed by atoms with Crippen LogP contribution in [0.15, 0.2) is 45.2 Å². The standard InChI is InChI=1S/C20H14Cl2N2O5/c1-10-17(29-20(23-10)26-2)9-27-19(25)11-3-4-15-16(7-11)28-18(24-15)12-5-13(21)8-14(22)6-12/h3-8H,9H2,1-2H3. The topological polar surface area (TPSA) is 87.6 Å². The highest BCUT2D eigenvalue weighted by Crippen LogP contribution is 2.29. The van der Waals surface area contributed by atoms with Crippen molar-refractivity contribution >= 4 is 40.3 Å². The third-order valence-corrected chi connectivity index (χ3v) is 4.55. The molecule has 9 heteroatoms. The van der Waals surface area contributed by atoms with E-state index in [9.17, 15) is 4.79 Å². The van der Waals surface area contributed by atoms with Crippen LogP contribution in [0, 0.1) is 6.92 Å². The second kappa shape index (κ2) is 7.77. The molecule has 0 spiro atoms. The van der Waals surface area contributed by atoms with Crippen LogP contribution in [0.4, 0.5) is 0 Å². The third kappa shape index (κ3) is 4.06. The number of methoxy groups -OCH3 is 1. The van der Waals surface area contributed by atoms with Crippen LogP contribution in [0.1, 0.15) is 21.8 Å². The van der Waals surface area contributed by atoms with Gasteiger partial charge in [0.25, 0.3) is 0 Å². The first-order chi connectivity index (χ1) is 13.9. The lowest BCUT2D eigenvalue weighted by Gasteiger charge is -2.03. The second-order valence-corrected chi connectivity index (χ2v) is 7.00. The zero-order valence-electron chi connectivity index (χ0n) is 15.4. The fourth-order valence-electron chi connectivity index (χ4n) is 2.69. The lowest BCUT2D eigenvalue weighted by atomic mass is 10.2. The van der Waals surface area contributed by atoms with E-state index >= 15 is 0 Å². The van der Waals surface area contributed by atoms with E-state index in [-0.39, 0.29) is 12.7 Å². The Morgan fingerprint density at radius 3 is 2.52 bits per heavy atom. The van der Waals surface area contributed by atoms with Crippen molar-refractivity contribution in [2.75, 3.05) is 7.11 Å². The molecular weight excluding hydrogens is 419 g/mol. The maximum atomic E-state index is 12.4. The van der Waals surface area contributed by atoms with Crippen molar-refractivity contribution in [3.8, 4) is 17.5 Å². The maximum absolute atomic E-state index is 12.4. The summed E-state index contributed by atoms with van der Waals surface area (Å²) in [6, 6.07) is 9.86. The number of hydrogen-bond donors (Lipinski definition) is 0. The summed E-state index contributed by atoms with van der Waals surface area (Å²) < 4.78 is 21.3. The second-order valence-electron chi connectivity index (χ2n) is 6.13. The maximum Gasteiger partial charge on any atom is 0.393 e. The summed E-state index contributed by atoms with van der Waals surface area (Å²) in [5, 5.41) is 0.941. The number of carbonyl (C=O) groups excluding carboxylic acids is 1. The van der Waals surface area contributed by atoms with Gasteiger partial charge in [-0.05, 0) is 43.3 Å². The predicted octanol–water partition coefficient (Wildman–Crippen LogP) is 5.46. The number of rotatable bonds is 5. The molecule has 2 heterocycles. The Hall–Kier alpha value is -3.03. The van der Waals surface area contributed by atoms with Crippen LogP contribution in [0.25, 0.3) is 22.6 Å². The normalized spacial score (nSPS) is 11.0. The van der Waals surface area contributed by atoms with E-state index < -0.39 is 5.97 Å². The summed E-state index contributed by atoms with van der Waals surface area (Å²) in [5.74, 6) is 0.223. The molecule has 0 fully saturated rings. The summed E-state index contributed by atoms with van der Waals surface area (Å²) in [6.45, 7) is 1.67. The molecule has 148 valence electrons. The zero-order valence-corrected chi connectivity index (χ0v) is 16.9. The molecule has 29 heavy (non-hydrogen) atoms. The fraction of sp³-hybridized carbons (Fsp3) is 0.150. The minimum atomic E-state index is -0.537. The molecule has 2 aromatic heterocycles. The highest BCUT2D eigenvalue weighted by Gasteiger charge is 2.16. The zero-order chi connectivity index (χ0) is 20.5. The van der Waals surface area contributed by atoms with Crippen LogP contribution in [0.5, 0.6) is 6.08 Å². The smallest absolute Gasteiger partial charge is 0.393 e. The van der Waals surface area contributed by atoms with Crippen LogP contribution in [-0.4, -0.2) is 23.0 Å². The molecule has 0 aliphatic carbocycles. The Morgan fingerprint density at radius 1 is 1.07 bits per heavy atom. The molecule has 7 nitrogen and oxygen atoms in total. The number of hydrogen-bond acceptors (Lipinski definition) is 7. The molecule has 0 atom stereocenters. The van der Waals surface area contributed by atoms with Crippen molar-refractivity contribution in [3.63, 3.8) is 0 Å². The summed E-state index contributed by atoms with van der Waals surface area (Å²) >= 11 is 12.1. The number of halogens is 2. The van der Waals surface area contributed by atoms with Crippen LogP contribution in [-0.2, 0) is 11.3 Å². The molecule has 0 radical (unpaired) electrons. The average Bonchev–Trinajstić information content (AvgIpc) is 3.27. The number of fused-ring (bicyclic) bond motifs is 1. The number of carbonyl (C=O) groups is 1. The van der Waals surface area contributed by atoms with Crippen molar-refractivity contribution in [2.45, 2.75) is 13.5 Å². The Bertz CT molecular complexity index is 1190. The van der Waals surface area contributed by atoms with E-state index in [1.807, 2.05) is 0 Å². The molecule has 0 N–H and O–H groups in total. The number of aromatic nitrogens is 2. The van der Waals surface area contributed by atoms with Crippen molar-refractivity contribution < 1.29 is 23.1 Å². The number of aryl methyl sites for hydroxylation is 1. The van der Waals surface area contributed by atoms with E-state index in [1.54, 1.807) is 43.3 Å². The van der Waals surface area contributed by atoms with E-state index in [1.165, 1.54) is 7.11 Å². The number of esters is 1. The molecule has 0 amide bonds. The Kier molecular flexibility index (Phi) is 5.17. The molecule has 0 aliphatic rings. The van der Waals surface area contributed by atoms with Gasteiger partial charge in [0.2, 0.25) is 5.89 Å². The fourth-order valence-corrected chi connectivity index (χ4v) is 3.22. The van der Waals surface area contributed by atoms with Gasteiger partial charge in [-0.25, -0.2) is 9.78 Å². The summed E-state index contributed by atoms with van der Waals surface area (Å²) in [7, 11) is 1.44. The number of oxazole rings is 2. The first kappa shape index (κ1) is 19.3. The molecule has 0 bridgehead atoms. The highest BCUT2D eigenvalue weighted by atomic mass is 35.5. The van der Waals surface area contributed by atoms with Crippen LogP contribution in [0.3, 0.4) is 0 Å². The first-order valence-electron chi connectivity index (χ1n) is 8.47. The van der Waals surface area contributed by atoms with Gasteiger partial charge in [-0.15, -0.1) is 0 Å². The van der Waals surface area contributed by atoms with Gasteiger partial charge in [0.05, 0.1) is 18.4 Å². The highest BCUT2D eigenvalue weighted by molar-refractivity contribution is 6.35. The number of ether oxygens (including phenoxy) is 2. The minimum Gasteiger partial charge on any atom is -0.454 e. The first-order valence-corrected chi connectivity index (χ1v) is 9.23. The minimum absolute atomic E-state index is 0.0677. The Morgan fingerprint density at radius 2 is 1.83 bits per heavy atom. The molecule has 0 saturated heterocycles. The molecule has 0 unspecified atom stereocenters. The van der Waals surface area contributed by atoms with Gasteiger partial charge >= 0.3 is 12.0 Å². The van der Waals surface area contributed by atoms with Gasteiger partial charge in [0.1, 0.15) is 5.52 Å². The van der Waals surface area contributed by atoms with E-state index in [2.05, 4.69) is 9.97 Å². The molecule has 2 aromatic carbocycles. The monoisotopic (exact) mass is 432 g/mol. The third-order valence-electron chi connectivity index (χ3n) is 4.12.